The van der Waals surface area contributed by atoms with Crippen molar-refractivity contribution in [2.24, 2.45) is 0 Å². The van der Waals surface area contributed by atoms with E-state index < -0.39 is 17.7 Å². The van der Waals surface area contributed by atoms with Gasteiger partial charge in [-0.1, -0.05) is 26.0 Å². The third-order valence-corrected chi connectivity index (χ3v) is 6.04. The van der Waals surface area contributed by atoms with Crippen LogP contribution in [0.15, 0.2) is 66.5 Å². The van der Waals surface area contributed by atoms with E-state index in [1.165, 1.54) is 11.0 Å². The van der Waals surface area contributed by atoms with Crippen LogP contribution < -0.4 is 9.64 Å². The Kier molecular flexibility index (Phi) is 6.60. The molecule has 35 heavy (non-hydrogen) atoms. The van der Waals surface area contributed by atoms with Gasteiger partial charge in [0.2, 0.25) is 0 Å². The van der Waals surface area contributed by atoms with E-state index in [0.717, 1.165) is 11.1 Å². The molecule has 7 nitrogen and oxygen atoms in total. The molecule has 3 aromatic rings. The molecule has 0 saturated carbocycles. The van der Waals surface area contributed by atoms with Gasteiger partial charge in [0, 0.05) is 18.0 Å². The fraction of sp³-hybridized carbons (Fsp3) is 0.250. The highest BCUT2D eigenvalue weighted by Crippen LogP contribution is 2.45. The summed E-state index contributed by atoms with van der Waals surface area (Å²) in [6.07, 6.45) is 3.13. The van der Waals surface area contributed by atoms with Crippen LogP contribution in [0.4, 0.5) is 5.69 Å². The van der Waals surface area contributed by atoms with E-state index in [1.807, 2.05) is 27.7 Å². The smallest absolute Gasteiger partial charge is 0.300 e. The number of benzene rings is 2. The van der Waals surface area contributed by atoms with Crippen LogP contribution in [0.25, 0.3) is 5.76 Å². The Bertz CT molecular complexity index is 1310. The SMILES string of the molecule is CCOc1ccc(/C(O)=C2/C(=O)C(=O)N(c3cc(C)ccc3O)C2c2cccnc2)cc1C(C)C. The molecule has 0 bridgehead atoms. The lowest BCUT2D eigenvalue weighted by atomic mass is 9.93. The Morgan fingerprint density at radius 1 is 1.14 bits per heavy atom. The number of hydrogen-bond donors (Lipinski definition) is 2. The fourth-order valence-electron chi connectivity index (χ4n) is 4.35. The summed E-state index contributed by atoms with van der Waals surface area (Å²) in [6, 6.07) is 12.5. The molecule has 1 aliphatic rings. The monoisotopic (exact) mass is 472 g/mol. The molecule has 7 heteroatoms. The number of hydrogen-bond acceptors (Lipinski definition) is 6. The van der Waals surface area contributed by atoms with Crippen molar-refractivity contribution in [3.05, 3.63) is 88.8 Å². The quantitative estimate of drug-likeness (QED) is 0.289. The Hall–Kier alpha value is -4.13. The number of carbonyl (C=O) groups is 2. The number of rotatable bonds is 6. The first-order valence-corrected chi connectivity index (χ1v) is 11.5. The zero-order chi connectivity index (χ0) is 25.3. The van der Waals surface area contributed by atoms with E-state index in [4.69, 9.17) is 4.74 Å². The van der Waals surface area contributed by atoms with Crippen LogP contribution in [0.1, 0.15) is 55.0 Å². The number of Topliss-reactive ketones (excluding diaryl/α,β-unsaturated/α-hetero) is 1. The molecule has 1 saturated heterocycles. The molecule has 4 rings (SSSR count). The van der Waals surface area contributed by atoms with Crippen molar-refractivity contribution in [3.8, 4) is 11.5 Å². The summed E-state index contributed by atoms with van der Waals surface area (Å²) < 4.78 is 5.72. The van der Waals surface area contributed by atoms with Gasteiger partial charge in [-0.2, -0.15) is 0 Å². The molecule has 1 amide bonds. The zero-order valence-electron chi connectivity index (χ0n) is 20.1. The molecule has 0 aliphatic carbocycles. The van der Waals surface area contributed by atoms with Gasteiger partial charge in [0.1, 0.15) is 17.3 Å². The van der Waals surface area contributed by atoms with Gasteiger partial charge in [-0.25, -0.2) is 0 Å². The van der Waals surface area contributed by atoms with E-state index in [1.54, 1.807) is 54.9 Å². The minimum Gasteiger partial charge on any atom is -0.507 e. The Labute approximate surface area is 204 Å². The second kappa shape index (κ2) is 9.62. The number of amides is 1. The molecule has 2 heterocycles. The predicted molar refractivity (Wildman–Crippen MR) is 134 cm³/mol. The molecule has 0 radical (unpaired) electrons. The maximum atomic E-state index is 13.3. The molecule has 1 unspecified atom stereocenters. The number of aliphatic hydroxyl groups is 1. The highest BCUT2D eigenvalue weighted by atomic mass is 16.5. The standard InChI is InChI=1S/C28H28N2O5/c1-5-35-23-11-9-18(14-20(23)16(2)3)26(32)24-25(19-7-6-12-29-15-19)30(28(34)27(24)33)21-13-17(4)8-10-22(21)31/h6-16,25,31-32H,5H2,1-4H3/b26-24-. The van der Waals surface area contributed by atoms with Gasteiger partial charge < -0.3 is 14.9 Å². The Morgan fingerprint density at radius 3 is 2.57 bits per heavy atom. The van der Waals surface area contributed by atoms with Gasteiger partial charge in [-0.15, -0.1) is 0 Å². The number of ketones is 1. The minimum atomic E-state index is -0.967. The Morgan fingerprint density at radius 2 is 1.91 bits per heavy atom. The number of anilines is 1. The molecule has 0 spiro atoms. The normalized spacial score (nSPS) is 17.3. The summed E-state index contributed by atoms with van der Waals surface area (Å²) in [6.45, 7) is 8.24. The average molecular weight is 473 g/mol. The molecule has 2 aromatic carbocycles. The highest BCUT2D eigenvalue weighted by Gasteiger charge is 2.47. The van der Waals surface area contributed by atoms with E-state index in [9.17, 15) is 19.8 Å². The van der Waals surface area contributed by atoms with Gasteiger partial charge >= 0.3 is 0 Å². The fourth-order valence-corrected chi connectivity index (χ4v) is 4.35. The summed E-state index contributed by atoms with van der Waals surface area (Å²) >= 11 is 0. The van der Waals surface area contributed by atoms with Crippen molar-refractivity contribution in [2.75, 3.05) is 11.5 Å². The van der Waals surface area contributed by atoms with E-state index in [2.05, 4.69) is 4.98 Å². The molecular weight excluding hydrogens is 444 g/mol. The molecular formula is C28H28N2O5. The zero-order valence-corrected chi connectivity index (χ0v) is 20.1. The number of aliphatic hydroxyl groups excluding tert-OH is 1. The van der Waals surface area contributed by atoms with Crippen molar-refractivity contribution in [1.29, 1.82) is 0 Å². The van der Waals surface area contributed by atoms with E-state index >= 15 is 0 Å². The van der Waals surface area contributed by atoms with E-state index in [0.29, 0.717) is 23.5 Å². The number of pyridine rings is 1. The molecule has 1 aromatic heterocycles. The topological polar surface area (TPSA) is 100.0 Å². The highest BCUT2D eigenvalue weighted by molar-refractivity contribution is 6.51. The largest absolute Gasteiger partial charge is 0.507 e. The Balaban J connectivity index is 1.95. The van der Waals surface area contributed by atoms with Gasteiger partial charge in [0.15, 0.2) is 0 Å². The van der Waals surface area contributed by atoms with Crippen molar-refractivity contribution < 1.29 is 24.5 Å². The number of aryl methyl sites for hydroxylation is 1. The van der Waals surface area contributed by atoms with Crippen LogP contribution in [0.5, 0.6) is 11.5 Å². The van der Waals surface area contributed by atoms with Crippen LogP contribution in [0.2, 0.25) is 0 Å². The van der Waals surface area contributed by atoms with Crippen molar-refractivity contribution >= 4 is 23.1 Å². The van der Waals surface area contributed by atoms with Gasteiger partial charge in [0.05, 0.1) is 23.9 Å². The third-order valence-electron chi connectivity index (χ3n) is 6.04. The van der Waals surface area contributed by atoms with Crippen LogP contribution in [0.3, 0.4) is 0 Å². The second-order valence-electron chi connectivity index (χ2n) is 8.79. The molecule has 1 atom stereocenters. The average Bonchev–Trinajstić information content (AvgIpc) is 3.11. The van der Waals surface area contributed by atoms with Crippen LogP contribution in [0, 0.1) is 6.92 Å². The van der Waals surface area contributed by atoms with Crippen molar-refractivity contribution in [1.82, 2.24) is 4.98 Å². The van der Waals surface area contributed by atoms with Gasteiger partial charge in [-0.05, 0) is 72.9 Å². The first-order chi connectivity index (χ1) is 16.7. The lowest BCUT2D eigenvalue weighted by Crippen LogP contribution is -2.29. The molecule has 2 N–H and O–H groups in total. The first kappa shape index (κ1) is 24.0. The number of nitrogens with zero attached hydrogens (tertiary/aromatic N) is 2. The maximum Gasteiger partial charge on any atom is 0.300 e. The summed E-state index contributed by atoms with van der Waals surface area (Å²) in [5.41, 5.74) is 2.73. The second-order valence-corrected chi connectivity index (χ2v) is 8.79. The maximum absolute atomic E-state index is 13.3. The lowest BCUT2D eigenvalue weighted by molar-refractivity contribution is -0.132. The number of phenolic OH excluding ortho intramolecular Hbond substituents is 1. The van der Waals surface area contributed by atoms with Crippen molar-refractivity contribution in [2.45, 2.75) is 39.7 Å². The molecule has 1 aliphatic heterocycles. The van der Waals surface area contributed by atoms with Gasteiger partial charge in [-0.3, -0.25) is 19.5 Å². The minimum absolute atomic E-state index is 0.0669. The van der Waals surface area contributed by atoms with Gasteiger partial charge in [0.25, 0.3) is 11.7 Å². The predicted octanol–water partition coefficient (Wildman–Crippen LogP) is 5.24. The number of aromatic hydroxyl groups is 1. The summed E-state index contributed by atoms with van der Waals surface area (Å²) in [5, 5.41) is 22.0. The molecule has 1 fully saturated rings. The lowest BCUT2D eigenvalue weighted by Gasteiger charge is -2.26. The third kappa shape index (κ3) is 4.37. The summed E-state index contributed by atoms with van der Waals surface area (Å²) in [4.78, 5) is 32.0. The van der Waals surface area contributed by atoms with Crippen LogP contribution >= 0.6 is 0 Å². The summed E-state index contributed by atoms with van der Waals surface area (Å²) in [5.74, 6) is -1.31. The summed E-state index contributed by atoms with van der Waals surface area (Å²) in [7, 11) is 0. The van der Waals surface area contributed by atoms with Crippen LogP contribution in [-0.2, 0) is 9.59 Å². The number of phenols is 1. The van der Waals surface area contributed by atoms with Crippen molar-refractivity contribution in [3.63, 3.8) is 0 Å². The van der Waals surface area contributed by atoms with E-state index in [-0.39, 0.29) is 28.7 Å². The first-order valence-electron chi connectivity index (χ1n) is 11.5. The number of ether oxygens (including phenoxy) is 1. The number of carbonyl (C=O) groups excluding carboxylic acids is 2. The molecule has 180 valence electrons. The number of aromatic nitrogens is 1. The van der Waals surface area contributed by atoms with Crippen LogP contribution in [-0.4, -0.2) is 33.5 Å².